The number of amides is 2. The van der Waals surface area contributed by atoms with Gasteiger partial charge in [-0.15, -0.1) is 0 Å². The van der Waals surface area contributed by atoms with Crippen LogP contribution in [0.15, 0.2) is 41.3 Å². The summed E-state index contributed by atoms with van der Waals surface area (Å²) in [6, 6.07) is 8.27. The molecule has 1 aromatic carbocycles. The van der Waals surface area contributed by atoms with E-state index in [1.165, 1.54) is 11.1 Å². The molecule has 0 bridgehead atoms. The fraction of sp³-hybridized carbons (Fsp3) is 0.440. The number of hydrogen-bond acceptors (Lipinski definition) is 7. The zero-order valence-corrected chi connectivity index (χ0v) is 21.4. The number of ether oxygens (including phenoxy) is 1. The van der Waals surface area contributed by atoms with Gasteiger partial charge in [0.2, 0.25) is 5.65 Å². The van der Waals surface area contributed by atoms with E-state index in [9.17, 15) is 14.7 Å². The molecule has 2 fully saturated rings. The van der Waals surface area contributed by atoms with Crippen molar-refractivity contribution in [3.05, 3.63) is 58.1 Å². The van der Waals surface area contributed by atoms with E-state index in [2.05, 4.69) is 43.3 Å². The van der Waals surface area contributed by atoms with E-state index < -0.39 is 17.7 Å². The number of benzene rings is 1. The second-order valence-corrected chi connectivity index (χ2v) is 10.7. The number of hydrogen-bond donors (Lipinski definition) is 2. The Hall–Kier alpha value is -3.02. The lowest BCUT2D eigenvalue weighted by Gasteiger charge is -2.48. The summed E-state index contributed by atoms with van der Waals surface area (Å²) in [5.74, 6) is -0.171. The monoisotopic (exact) mass is 554 g/mol. The quantitative estimate of drug-likeness (QED) is 0.503. The highest BCUT2D eigenvalue weighted by atomic mass is 79.9. The minimum Gasteiger partial charge on any atom is -0.461 e. The van der Waals surface area contributed by atoms with Crippen LogP contribution in [0.25, 0.3) is 5.65 Å². The predicted octanol–water partition coefficient (Wildman–Crippen LogP) is 1.39. The maximum Gasteiger partial charge on any atom is 0.274 e. The molecule has 3 atom stereocenters. The molecule has 2 N–H and O–H groups in total. The van der Waals surface area contributed by atoms with Crippen LogP contribution >= 0.6 is 15.9 Å². The molecule has 0 aliphatic carbocycles. The highest BCUT2D eigenvalue weighted by molar-refractivity contribution is 9.10. The van der Waals surface area contributed by atoms with Gasteiger partial charge in [0.25, 0.3) is 17.7 Å². The topological polar surface area (TPSA) is 112 Å². The molecule has 11 heteroatoms. The van der Waals surface area contributed by atoms with Crippen LogP contribution in [-0.2, 0) is 17.8 Å². The summed E-state index contributed by atoms with van der Waals surface area (Å²) in [7, 11) is 1.74. The first-order valence-corrected chi connectivity index (χ1v) is 12.9. The van der Waals surface area contributed by atoms with Gasteiger partial charge >= 0.3 is 0 Å². The zero-order chi connectivity index (χ0) is 25.0. The molecule has 188 valence electrons. The predicted molar refractivity (Wildman–Crippen MR) is 134 cm³/mol. The number of piperidine rings is 1. The SMILES string of the molecule is CN1CCC(Oc2nc(Br)cn3cc(C(=O)N4CC[C@]5(Cc6ccccc6CN5)[C@H](O)C4)nc23)C1=O. The minimum atomic E-state index is -0.708. The molecule has 3 aliphatic rings. The van der Waals surface area contributed by atoms with Crippen LogP contribution < -0.4 is 10.1 Å². The maximum absolute atomic E-state index is 13.4. The molecule has 3 aliphatic heterocycles. The smallest absolute Gasteiger partial charge is 0.274 e. The van der Waals surface area contributed by atoms with Crippen molar-refractivity contribution in [2.45, 2.75) is 43.6 Å². The van der Waals surface area contributed by atoms with E-state index in [1.807, 2.05) is 12.1 Å². The first-order valence-electron chi connectivity index (χ1n) is 12.1. The van der Waals surface area contributed by atoms with E-state index in [-0.39, 0.29) is 29.9 Å². The number of halogens is 1. The molecule has 36 heavy (non-hydrogen) atoms. The Kier molecular flexibility index (Phi) is 5.73. The van der Waals surface area contributed by atoms with Crippen molar-refractivity contribution in [1.82, 2.24) is 29.5 Å². The van der Waals surface area contributed by atoms with Gasteiger partial charge in [0.1, 0.15) is 10.3 Å². The Morgan fingerprint density at radius 2 is 2.03 bits per heavy atom. The number of carbonyl (C=O) groups excluding carboxylic acids is 2. The number of imidazole rings is 1. The Labute approximate surface area is 216 Å². The number of aromatic nitrogens is 3. The summed E-state index contributed by atoms with van der Waals surface area (Å²) < 4.78 is 8.09. The van der Waals surface area contributed by atoms with E-state index in [0.29, 0.717) is 42.7 Å². The fourth-order valence-electron chi connectivity index (χ4n) is 5.47. The summed E-state index contributed by atoms with van der Waals surface area (Å²) in [4.78, 5) is 37.9. The van der Waals surface area contributed by atoms with Gasteiger partial charge in [-0.3, -0.25) is 14.0 Å². The second kappa shape index (κ2) is 8.82. The van der Waals surface area contributed by atoms with Crippen molar-refractivity contribution in [3.63, 3.8) is 0 Å². The number of nitrogens with one attached hydrogen (secondary N) is 1. The lowest BCUT2D eigenvalue weighted by molar-refractivity contribution is -0.132. The number of rotatable bonds is 3. The van der Waals surface area contributed by atoms with Crippen LogP contribution in [0.1, 0.15) is 34.5 Å². The molecule has 1 spiro atoms. The number of likely N-dealkylation sites (N-methyl/N-ethyl adjacent to an activating group) is 1. The Morgan fingerprint density at radius 3 is 2.78 bits per heavy atom. The van der Waals surface area contributed by atoms with Gasteiger partial charge < -0.3 is 25.0 Å². The lowest BCUT2D eigenvalue weighted by atomic mass is 9.76. The van der Waals surface area contributed by atoms with Crippen LogP contribution in [0.5, 0.6) is 5.88 Å². The van der Waals surface area contributed by atoms with Crippen molar-refractivity contribution in [3.8, 4) is 5.88 Å². The number of likely N-dealkylation sites (tertiary alicyclic amines) is 2. The van der Waals surface area contributed by atoms with Gasteiger partial charge in [-0.2, -0.15) is 0 Å². The van der Waals surface area contributed by atoms with Gasteiger partial charge in [0.05, 0.1) is 11.6 Å². The molecular formula is C25H27BrN6O4. The van der Waals surface area contributed by atoms with E-state index >= 15 is 0 Å². The lowest BCUT2D eigenvalue weighted by Crippen LogP contribution is -2.65. The van der Waals surface area contributed by atoms with Crippen LogP contribution in [0.4, 0.5) is 0 Å². The number of β-amino-alcohol motifs (C(OH)–C–C–N with tert-alkyl or cyclic N) is 1. The maximum atomic E-state index is 13.4. The summed E-state index contributed by atoms with van der Waals surface area (Å²) in [5, 5.41) is 14.7. The first-order chi connectivity index (χ1) is 17.3. The van der Waals surface area contributed by atoms with Gasteiger partial charge in [0, 0.05) is 52.0 Å². The van der Waals surface area contributed by atoms with Crippen LogP contribution in [0, 0.1) is 0 Å². The Balaban J connectivity index is 1.21. The first kappa shape index (κ1) is 23.4. The molecule has 2 saturated heterocycles. The molecule has 2 aromatic heterocycles. The van der Waals surface area contributed by atoms with Gasteiger partial charge in [-0.1, -0.05) is 24.3 Å². The van der Waals surface area contributed by atoms with Crippen LogP contribution in [0.3, 0.4) is 0 Å². The minimum absolute atomic E-state index is 0.104. The molecule has 0 saturated carbocycles. The number of nitrogens with zero attached hydrogens (tertiary/aromatic N) is 5. The molecule has 1 unspecified atom stereocenters. The number of fused-ring (bicyclic) bond motifs is 2. The summed E-state index contributed by atoms with van der Waals surface area (Å²) in [6.45, 7) is 2.05. The summed E-state index contributed by atoms with van der Waals surface area (Å²) in [6.07, 6.45) is 3.92. The van der Waals surface area contributed by atoms with Crippen molar-refractivity contribution in [2.75, 3.05) is 26.7 Å². The number of aliphatic hydroxyl groups excluding tert-OH is 1. The molecule has 5 heterocycles. The average molecular weight is 555 g/mol. The third-order valence-electron chi connectivity index (χ3n) is 7.63. The van der Waals surface area contributed by atoms with Crippen molar-refractivity contribution >= 4 is 33.4 Å². The Bertz CT molecular complexity index is 1360. The third kappa shape index (κ3) is 3.95. The molecule has 3 aromatic rings. The molecular weight excluding hydrogens is 528 g/mol. The second-order valence-electron chi connectivity index (χ2n) is 9.85. The van der Waals surface area contributed by atoms with Gasteiger partial charge in [0.15, 0.2) is 6.10 Å². The van der Waals surface area contributed by atoms with Crippen LogP contribution in [0.2, 0.25) is 0 Å². The third-order valence-corrected chi connectivity index (χ3v) is 8.01. The number of aliphatic hydroxyl groups is 1. The fourth-order valence-corrected chi connectivity index (χ4v) is 5.85. The normalized spacial score (nSPS) is 26.0. The summed E-state index contributed by atoms with van der Waals surface area (Å²) >= 11 is 3.37. The van der Waals surface area contributed by atoms with Crippen molar-refractivity contribution < 1.29 is 19.4 Å². The van der Waals surface area contributed by atoms with E-state index in [0.717, 1.165) is 6.42 Å². The van der Waals surface area contributed by atoms with Gasteiger partial charge in [-0.25, -0.2) is 9.97 Å². The van der Waals surface area contributed by atoms with Gasteiger partial charge in [-0.05, 0) is 39.9 Å². The summed E-state index contributed by atoms with van der Waals surface area (Å²) in [5.41, 5.74) is 2.65. The highest BCUT2D eigenvalue weighted by Gasteiger charge is 2.45. The van der Waals surface area contributed by atoms with E-state index in [1.54, 1.807) is 33.6 Å². The number of carbonyl (C=O) groups is 2. The molecule has 2 amide bonds. The molecule has 10 nitrogen and oxygen atoms in total. The van der Waals surface area contributed by atoms with Crippen molar-refractivity contribution in [1.29, 1.82) is 0 Å². The largest absolute Gasteiger partial charge is 0.461 e. The van der Waals surface area contributed by atoms with Crippen LogP contribution in [-0.4, -0.2) is 85.5 Å². The highest BCUT2D eigenvalue weighted by Crippen LogP contribution is 2.33. The van der Waals surface area contributed by atoms with E-state index in [4.69, 9.17) is 4.74 Å². The molecule has 6 rings (SSSR count). The zero-order valence-electron chi connectivity index (χ0n) is 19.9. The average Bonchev–Trinajstić information content (AvgIpc) is 3.44. The molecule has 0 radical (unpaired) electrons. The van der Waals surface area contributed by atoms with Crippen molar-refractivity contribution in [2.24, 2.45) is 0 Å². The Morgan fingerprint density at radius 1 is 1.22 bits per heavy atom. The standard InChI is InChI=1S/C25H27BrN6O4/c1-30-8-6-18(24(30)35)36-22-21-28-17(12-32(21)14-20(26)29-22)23(34)31-9-7-25(19(33)13-31)10-15-4-2-3-5-16(15)11-27-25/h2-5,12,14,18-19,27,33H,6-11,13H2,1H3/t18?,19-,25+/m1/s1.